The number of furan rings is 1. The van der Waals surface area contributed by atoms with Gasteiger partial charge in [0.05, 0.1) is 12.3 Å². The average molecular weight is 479 g/mol. The van der Waals surface area contributed by atoms with Crippen molar-refractivity contribution in [2.75, 3.05) is 10.9 Å². The van der Waals surface area contributed by atoms with Crippen LogP contribution in [0.2, 0.25) is 5.02 Å². The summed E-state index contributed by atoms with van der Waals surface area (Å²) in [5.41, 5.74) is 2.39. The summed E-state index contributed by atoms with van der Waals surface area (Å²) in [7, 11) is -3.93. The van der Waals surface area contributed by atoms with Crippen LogP contribution in [0.1, 0.15) is 26.7 Å². The van der Waals surface area contributed by atoms with Gasteiger partial charge in [0.1, 0.15) is 5.69 Å². The Morgan fingerprint density at radius 1 is 1.28 bits per heavy atom. The minimum absolute atomic E-state index is 0.144. The lowest BCUT2D eigenvalue weighted by atomic mass is 9.98. The van der Waals surface area contributed by atoms with E-state index >= 15 is 0 Å². The highest BCUT2D eigenvalue weighted by Gasteiger charge is 2.33. The first-order valence-electron chi connectivity index (χ1n) is 10.0. The number of carboxylic acid groups (broad SMARTS) is 1. The molecule has 1 heterocycles. The van der Waals surface area contributed by atoms with E-state index in [9.17, 15) is 13.2 Å². The number of hydrogen-bond donors (Lipinski definition) is 1. The number of anilines is 1. The number of ether oxygens (including phenoxy) is 1. The number of aliphatic hydroxyl groups is 1. The maximum atomic E-state index is 13.2. The van der Waals surface area contributed by atoms with Crippen LogP contribution >= 0.6 is 11.6 Å². The quantitative estimate of drug-likeness (QED) is 0.400. The standard InChI is InChI=1S/C23H24ClNO6S/c1-16(2)25(32(28,29)23-4-3-13-30-23)20-11-10-19(24)14-21(20)31-15-18-7-5-17(6-8-18)9-12-22(26)27/h3-5,7,9-14,16H,6,8,15H2,1-2H3,(H,26,27)/p+1/b12-9+. The number of carbonyl (C=O) groups is 1. The topological polar surface area (TPSA) is 101 Å². The third-order valence-electron chi connectivity index (χ3n) is 4.81. The number of allylic oxidation sites excluding steroid dienone is 4. The van der Waals surface area contributed by atoms with Gasteiger partial charge in [0, 0.05) is 22.7 Å². The van der Waals surface area contributed by atoms with Crippen molar-refractivity contribution in [3.05, 3.63) is 77.1 Å². The van der Waals surface area contributed by atoms with Gasteiger partial charge in [0.25, 0.3) is 15.8 Å². The second-order valence-electron chi connectivity index (χ2n) is 7.51. The van der Waals surface area contributed by atoms with E-state index < -0.39 is 16.0 Å². The largest absolute Gasteiger partial charge is 0.578 e. The first-order valence-corrected chi connectivity index (χ1v) is 11.8. The Kier molecular flexibility index (Phi) is 7.48. The average Bonchev–Trinajstić information content (AvgIpc) is 3.28. The highest BCUT2D eigenvalue weighted by molar-refractivity contribution is 7.92. The molecule has 0 unspecified atom stereocenters. The van der Waals surface area contributed by atoms with Gasteiger partial charge in [-0.1, -0.05) is 29.8 Å². The predicted octanol–water partition coefficient (Wildman–Crippen LogP) is 5.07. The highest BCUT2D eigenvalue weighted by atomic mass is 35.5. The fraction of sp³-hybridized carbons (Fsp3) is 0.261. The van der Waals surface area contributed by atoms with Crippen LogP contribution < -0.4 is 4.31 Å². The second-order valence-corrected chi connectivity index (χ2v) is 9.70. The molecule has 1 aliphatic carbocycles. The maximum absolute atomic E-state index is 13.2. The number of halogens is 1. The minimum Gasteiger partial charge on any atom is -0.578 e. The molecule has 0 saturated carbocycles. The van der Waals surface area contributed by atoms with E-state index in [2.05, 4.69) is 4.74 Å². The number of nitrogens with zero attached hydrogens (tertiary/aromatic N) is 1. The molecule has 0 saturated heterocycles. The number of sulfonamides is 1. The number of rotatable bonds is 9. The van der Waals surface area contributed by atoms with Crippen LogP contribution in [0.5, 0.6) is 5.75 Å². The zero-order valence-corrected chi connectivity index (χ0v) is 19.3. The van der Waals surface area contributed by atoms with Gasteiger partial charge in [0.2, 0.25) is 5.09 Å². The molecule has 1 aliphatic rings. The van der Waals surface area contributed by atoms with Gasteiger partial charge in [-0.05, 0) is 56.5 Å². The molecule has 7 nitrogen and oxygen atoms in total. The fourth-order valence-corrected chi connectivity index (χ4v) is 5.09. The van der Waals surface area contributed by atoms with E-state index in [0.717, 1.165) is 23.6 Å². The smallest absolute Gasteiger partial charge is 0.328 e. The highest BCUT2D eigenvalue weighted by Crippen LogP contribution is 2.37. The van der Waals surface area contributed by atoms with E-state index in [-0.39, 0.29) is 11.1 Å². The van der Waals surface area contributed by atoms with E-state index in [4.69, 9.17) is 21.1 Å². The summed E-state index contributed by atoms with van der Waals surface area (Å²) in [6.07, 6.45) is 9.25. The molecule has 0 bridgehead atoms. The lowest BCUT2D eigenvalue weighted by Crippen LogP contribution is -2.37. The van der Waals surface area contributed by atoms with Crippen LogP contribution in [0.25, 0.3) is 0 Å². The Morgan fingerprint density at radius 3 is 2.66 bits per heavy atom. The second kappa shape index (κ2) is 10.1. The Hall–Kier alpha value is -2.97. The number of hydrogen-bond acceptors (Lipinski definition) is 4. The Morgan fingerprint density at radius 2 is 2.06 bits per heavy atom. The van der Waals surface area contributed by atoms with Crippen LogP contribution in [0.15, 0.2) is 81.6 Å². The molecule has 0 amide bonds. The van der Waals surface area contributed by atoms with Crippen molar-refractivity contribution >= 4 is 33.3 Å². The van der Waals surface area contributed by atoms with Crippen LogP contribution in [0, 0.1) is 0 Å². The van der Waals surface area contributed by atoms with Gasteiger partial charge in [-0.15, -0.1) is 0 Å². The molecule has 170 valence electrons. The van der Waals surface area contributed by atoms with E-state index in [1.54, 1.807) is 38.1 Å². The first-order chi connectivity index (χ1) is 15.2. The van der Waals surface area contributed by atoms with Crippen LogP contribution in [0.3, 0.4) is 0 Å². The summed E-state index contributed by atoms with van der Waals surface area (Å²) < 4.78 is 37.5. The van der Waals surface area contributed by atoms with Crippen LogP contribution in [-0.2, 0) is 14.8 Å². The molecule has 0 spiro atoms. The van der Waals surface area contributed by atoms with E-state index in [0.29, 0.717) is 29.5 Å². The molecule has 0 fully saturated rings. The predicted molar refractivity (Wildman–Crippen MR) is 124 cm³/mol. The SMILES string of the molecule is CC(C)N(c1ccc(Cl)cc1[OH+]CC1=CC=C(/C=C/C(=O)O)CC1)S(=O)(=O)c1ccco1. The molecule has 2 N–H and O–H groups in total. The lowest BCUT2D eigenvalue weighted by Gasteiger charge is -2.27. The summed E-state index contributed by atoms with van der Waals surface area (Å²) in [5.74, 6) is -0.522. The molecular formula is C23H25ClNO6S+. The van der Waals surface area contributed by atoms with Gasteiger partial charge >= 0.3 is 5.97 Å². The van der Waals surface area contributed by atoms with Gasteiger partial charge < -0.3 is 14.3 Å². The zero-order chi connectivity index (χ0) is 23.3. The summed E-state index contributed by atoms with van der Waals surface area (Å²) in [6.45, 7) is 3.92. The lowest BCUT2D eigenvalue weighted by molar-refractivity contribution is -0.131. The first kappa shape index (κ1) is 23.7. The van der Waals surface area contributed by atoms with Gasteiger partial charge in [-0.2, -0.15) is 8.42 Å². The summed E-state index contributed by atoms with van der Waals surface area (Å²) in [6, 6.07) is 7.47. The van der Waals surface area contributed by atoms with Crippen molar-refractivity contribution < 1.29 is 27.5 Å². The zero-order valence-electron chi connectivity index (χ0n) is 17.7. The van der Waals surface area contributed by atoms with Crippen molar-refractivity contribution in [2.24, 2.45) is 0 Å². The summed E-state index contributed by atoms with van der Waals surface area (Å²) in [4.78, 5) is 10.7. The van der Waals surface area contributed by atoms with Gasteiger partial charge in [-0.25, -0.2) is 4.79 Å². The number of aliphatic carboxylic acids is 1. The third kappa shape index (κ3) is 5.63. The van der Waals surface area contributed by atoms with Gasteiger partial charge in [-0.3, -0.25) is 4.31 Å². The molecule has 1 aromatic carbocycles. The Labute approximate surface area is 192 Å². The fourth-order valence-electron chi connectivity index (χ4n) is 3.33. The monoisotopic (exact) mass is 478 g/mol. The minimum atomic E-state index is -3.93. The Bertz CT molecular complexity index is 1160. The molecule has 2 aromatic rings. The van der Waals surface area contributed by atoms with E-state index in [1.807, 2.05) is 12.2 Å². The van der Waals surface area contributed by atoms with Crippen LogP contribution in [-0.4, -0.2) is 36.9 Å². The molecule has 1 aromatic heterocycles. The van der Waals surface area contributed by atoms with Crippen molar-refractivity contribution in [3.8, 4) is 5.75 Å². The Balaban J connectivity index is 1.86. The van der Waals surface area contributed by atoms with Crippen molar-refractivity contribution in [3.63, 3.8) is 0 Å². The van der Waals surface area contributed by atoms with Crippen molar-refractivity contribution in [1.29, 1.82) is 0 Å². The molecule has 3 rings (SSSR count). The maximum Gasteiger partial charge on any atom is 0.328 e. The summed E-state index contributed by atoms with van der Waals surface area (Å²) >= 11 is 6.19. The normalized spacial score (nSPS) is 14.4. The number of carboxylic acids is 1. The molecular weight excluding hydrogens is 454 g/mol. The number of benzene rings is 1. The van der Waals surface area contributed by atoms with Gasteiger partial charge in [0.15, 0.2) is 6.61 Å². The molecule has 32 heavy (non-hydrogen) atoms. The number of aromatic hydroxyl groups is 1. The summed E-state index contributed by atoms with van der Waals surface area (Å²) in [5, 5.41) is 9.05. The third-order valence-corrected chi connectivity index (χ3v) is 6.92. The van der Waals surface area contributed by atoms with Crippen molar-refractivity contribution in [2.45, 2.75) is 37.8 Å². The molecule has 9 heteroatoms. The van der Waals surface area contributed by atoms with Crippen molar-refractivity contribution in [1.82, 2.24) is 0 Å². The molecule has 0 aliphatic heterocycles. The molecule has 0 radical (unpaired) electrons. The van der Waals surface area contributed by atoms with E-state index in [1.165, 1.54) is 22.7 Å². The van der Waals surface area contributed by atoms with Crippen LogP contribution in [0.4, 0.5) is 5.69 Å². The molecule has 0 atom stereocenters.